The molecule has 0 bridgehead atoms. The number of nitrogens with one attached hydrogen (secondary N) is 1. The third-order valence-corrected chi connectivity index (χ3v) is 4.82. The number of hydrogen-bond acceptors (Lipinski definition) is 4. The molecule has 2 rings (SSSR count). The van der Waals surface area contributed by atoms with E-state index in [1.54, 1.807) is 7.11 Å². The van der Waals surface area contributed by atoms with Crippen LogP contribution in [0.25, 0.3) is 0 Å². The van der Waals surface area contributed by atoms with Crippen molar-refractivity contribution >= 4 is 28.6 Å². The third-order valence-electron chi connectivity index (χ3n) is 4.00. The number of halogens is 1. The number of phenolic OH excluding ortho intramolecular Hbond substituents is 1. The van der Waals surface area contributed by atoms with Crippen LogP contribution in [0, 0.1) is 9.49 Å². The standard InChI is InChI=1S/C16H22INO4/c1-3-22-16(20)12-5-4-6-18(10-12)9-11-7-13(17)15(19)14(8-11)21-2/h7-8,12,19H,3-6,9-10H2,1-2H3/p+1/t12-/m1/s1. The predicted octanol–water partition coefficient (Wildman–Crippen LogP) is 1.36. The van der Waals surface area contributed by atoms with Crippen molar-refractivity contribution in [1.29, 1.82) is 0 Å². The predicted molar refractivity (Wildman–Crippen MR) is 91.1 cm³/mol. The van der Waals surface area contributed by atoms with Crippen molar-refractivity contribution in [2.24, 2.45) is 5.92 Å². The molecule has 0 aromatic heterocycles. The Kier molecular flexibility index (Phi) is 6.31. The van der Waals surface area contributed by atoms with Crippen molar-refractivity contribution in [3.05, 3.63) is 21.3 Å². The van der Waals surface area contributed by atoms with Crippen molar-refractivity contribution in [2.45, 2.75) is 26.3 Å². The molecule has 1 saturated heterocycles. The smallest absolute Gasteiger partial charge is 0.314 e. The average Bonchev–Trinajstić information content (AvgIpc) is 2.51. The van der Waals surface area contributed by atoms with Gasteiger partial charge in [0.1, 0.15) is 12.5 Å². The zero-order chi connectivity index (χ0) is 16.1. The molecule has 0 radical (unpaired) electrons. The Morgan fingerprint density at radius 2 is 2.27 bits per heavy atom. The highest BCUT2D eigenvalue weighted by atomic mass is 127. The highest BCUT2D eigenvalue weighted by Gasteiger charge is 2.29. The molecule has 1 fully saturated rings. The summed E-state index contributed by atoms with van der Waals surface area (Å²) < 4.78 is 11.1. The lowest BCUT2D eigenvalue weighted by atomic mass is 9.97. The van der Waals surface area contributed by atoms with Crippen LogP contribution in [0.4, 0.5) is 0 Å². The fraction of sp³-hybridized carbons (Fsp3) is 0.562. The molecule has 5 nitrogen and oxygen atoms in total. The maximum atomic E-state index is 11.9. The summed E-state index contributed by atoms with van der Waals surface area (Å²) in [6.45, 7) is 4.96. The maximum absolute atomic E-state index is 11.9. The molecule has 0 aliphatic carbocycles. The molecule has 0 spiro atoms. The van der Waals surface area contributed by atoms with Gasteiger partial charge in [0.25, 0.3) is 0 Å². The largest absolute Gasteiger partial charge is 0.504 e. The molecule has 6 heteroatoms. The van der Waals surface area contributed by atoms with E-state index < -0.39 is 0 Å². The summed E-state index contributed by atoms with van der Waals surface area (Å²) in [5.41, 5.74) is 1.11. The van der Waals surface area contributed by atoms with Crippen LogP contribution in [-0.2, 0) is 16.1 Å². The number of phenols is 1. The molecule has 1 aromatic carbocycles. The topological polar surface area (TPSA) is 60.2 Å². The van der Waals surface area contributed by atoms with E-state index in [4.69, 9.17) is 9.47 Å². The first-order valence-corrected chi connectivity index (χ1v) is 8.68. The normalized spacial score (nSPS) is 21.4. The van der Waals surface area contributed by atoms with Crippen LogP contribution >= 0.6 is 22.6 Å². The quantitative estimate of drug-likeness (QED) is 0.558. The summed E-state index contributed by atoms with van der Waals surface area (Å²) in [6, 6.07) is 3.85. The van der Waals surface area contributed by atoms with Gasteiger partial charge in [-0.15, -0.1) is 0 Å². The number of quaternary nitrogens is 1. The molecular formula is C16H23INO4+. The van der Waals surface area contributed by atoms with Crippen molar-refractivity contribution in [3.8, 4) is 11.5 Å². The van der Waals surface area contributed by atoms with Gasteiger partial charge < -0.3 is 19.5 Å². The van der Waals surface area contributed by atoms with Crippen LogP contribution < -0.4 is 9.64 Å². The van der Waals surface area contributed by atoms with E-state index in [1.165, 1.54) is 4.90 Å². The van der Waals surface area contributed by atoms with Crippen molar-refractivity contribution < 1.29 is 24.3 Å². The van der Waals surface area contributed by atoms with Gasteiger partial charge in [-0.2, -0.15) is 0 Å². The summed E-state index contributed by atoms with van der Waals surface area (Å²) >= 11 is 2.11. The number of benzene rings is 1. The zero-order valence-electron chi connectivity index (χ0n) is 13.0. The number of methoxy groups -OCH3 is 1. The van der Waals surface area contributed by atoms with Gasteiger partial charge in [-0.3, -0.25) is 4.79 Å². The monoisotopic (exact) mass is 420 g/mol. The van der Waals surface area contributed by atoms with Gasteiger partial charge >= 0.3 is 5.97 Å². The van der Waals surface area contributed by atoms with Crippen LogP contribution in [0.5, 0.6) is 11.5 Å². The lowest BCUT2D eigenvalue weighted by molar-refractivity contribution is -0.921. The minimum atomic E-state index is -0.0717. The van der Waals surface area contributed by atoms with Gasteiger partial charge in [0.05, 0.1) is 30.4 Å². The number of carbonyl (C=O) groups is 1. The molecule has 0 saturated carbocycles. The molecule has 0 amide bonds. The van der Waals surface area contributed by atoms with Gasteiger partial charge in [0.2, 0.25) is 0 Å². The zero-order valence-corrected chi connectivity index (χ0v) is 15.2. The van der Waals surface area contributed by atoms with Gasteiger partial charge in [0.15, 0.2) is 11.5 Å². The van der Waals surface area contributed by atoms with Crippen LogP contribution in [0.3, 0.4) is 0 Å². The second-order valence-electron chi connectivity index (χ2n) is 5.60. The van der Waals surface area contributed by atoms with Crippen LogP contribution in [0.15, 0.2) is 12.1 Å². The van der Waals surface area contributed by atoms with E-state index in [9.17, 15) is 9.90 Å². The molecule has 22 heavy (non-hydrogen) atoms. The second kappa shape index (κ2) is 8.01. The summed E-state index contributed by atoms with van der Waals surface area (Å²) in [7, 11) is 1.56. The number of esters is 1. The Morgan fingerprint density at radius 1 is 1.50 bits per heavy atom. The van der Waals surface area contributed by atoms with E-state index in [0.717, 1.165) is 41.6 Å². The molecule has 122 valence electrons. The lowest BCUT2D eigenvalue weighted by Crippen LogP contribution is -3.12. The van der Waals surface area contributed by atoms with Gasteiger partial charge in [-0.05, 0) is 54.5 Å². The molecular weight excluding hydrogens is 397 g/mol. The number of aromatic hydroxyl groups is 1. The third kappa shape index (κ3) is 4.25. The number of ether oxygens (including phenoxy) is 2. The minimum Gasteiger partial charge on any atom is -0.504 e. The Morgan fingerprint density at radius 3 is 2.95 bits per heavy atom. The summed E-state index contributed by atoms with van der Waals surface area (Å²) in [5.74, 6) is 0.615. The van der Waals surface area contributed by atoms with E-state index in [2.05, 4.69) is 22.6 Å². The fourth-order valence-electron chi connectivity index (χ4n) is 2.95. The Bertz CT molecular complexity index is 535. The van der Waals surface area contributed by atoms with E-state index in [0.29, 0.717) is 12.4 Å². The first kappa shape index (κ1) is 17.3. The highest BCUT2D eigenvalue weighted by molar-refractivity contribution is 14.1. The molecule has 1 aromatic rings. The molecule has 1 aliphatic heterocycles. The summed E-state index contributed by atoms with van der Waals surface area (Å²) in [6.07, 6.45) is 1.95. The number of carbonyl (C=O) groups excluding carboxylic acids is 1. The molecule has 1 aliphatic rings. The van der Waals surface area contributed by atoms with Crippen LogP contribution in [0.2, 0.25) is 0 Å². The van der Waals surface area contributed by atoms with Crippen molar-refractivity contribution in [1.82, 2.24) is 0 Å². The Hall–Kier alpha value is -1.02. The Balaban J connectivity index is 2.04. The molecule has 2 N–H and O–H groups in total. The molecule has 1 heterocycles. The molecule has 1 unspecified atom stereocenters. The highest BCUT2D eigenvalue weighted by Crippen LogP contribution is 2.32. The minimum absolute atomic E-state index is 0.00165. The second-order valence-corrected chi connectivity index (χ2v) is 6.76. The van der Waals surface area contributed by atoms with E-state index >= 15 is 0 Å². The summed E-state index contributed by atoms with van der Waals surface area (Å²) in [5, 5.41) is 9.90. The first-order valence-electron chi connectivity index (χ1n) is 7.60. The Labute approximate surface area is 144 Å². The number of likely N-dealkylation sites (tertiary alicyclic amines) is 1. The van der Waals surface area contributed by atoms with E-state index in [-0.39, 0.29) is 17.6 Å². The van der Waals surface area contributed by atoms with Crippen molar-refractivity contribution in [2.75, 3.05) is 26.8 Å². The average molecular weight is 420 g/mol. The van der Waals surface area contributed by atoms with Gasteiger partial charge in [-0.1, -0.05) is 0 Å². The number of rotatable bonds is 5. The summed E-state index contributed by atoms with van der Waals surface area (Å²) in [4.78, 5) is 13.3. The number of piperidine rings is 1. The number of hydrogen-bond donors (Lipinski definition) is 2. The van der Waals surface area contributed by atoms with Crippen LogP contribution in [-0.4, -0.2) is 37.9 Å². The van der Waals surface area contributed by atoms with Crippen LogP contribution in [0.1, 0.15) is 25.3 Å². The maximum Gasteiger partial charge on any atom is 0.314 e. The fourth-order valence-corrected chi connectivity index (χ4v) is 3.61. The van der Waals surface area contributed by atoms with Crippen molar-refractivity contribution in [3.63, 3.8) is 0 Å². The van der Waals surface area contributed by atoms with Gasteiger partial charge in [-0.25, -0.2) is 0 Å². The first-order chi connectivity index (χ1) is 10.5. The van der Waals surface area contributed by atoms with Gasteiger partial charge in [0, 0.05) is 5.56 Å². The van der Waals surface area contributed by atoms with E-state index in [1.807, 2.05) is 19.1 Å². The SMILES string of the molecule is CCOC(=O)[C@@H]1CCC[NH+](Cc2cc(I)c(O)c(OC)c2)C1. The molecule has 2 atom stereocenters. The lowest BCUT2D eigenvalue weighted by Gasteiger charge is -2.28.